The van der Waals surface area contributed by atoms with Crippen LogP contribution in [0.1, 0.15) is 197 Å². The molecule has 0 unspecified atom stereocenters. The largest absolute Gasteiger partial charge is 0.481 e. The van der Waals surface area contributed by atoms with Crippen LogP contribution in [-0.2, 0) is 110 Å². The number of aromatic nitrogens is 2. The van der Waals surface area contributed by atoms with Gasteiger partial charge in [0.2, 0.25) is 100 Å². The molecule has 746 valence electrons. The van der Waals surface area contributed by atoms with Crippen molar-refractivity contribution in [2.45, 2.75) is 302 Å². The van der Waals surface area contributed by atoms with Gasteiger partial charge in [-0.3, -0.25) is 91.1 Å². The van der Waals surface area contributed by atoms with Crippen LogP contribution in [0.25, 0.3) is 0 Å². The lowest BCUT2D eigenvalue weighted by Crippen LogP contribution is -2.61. The van der Waals surface area contributed by atoms with Crippen molar-refractivity contribution in [1.82, 2.24) is 95.0 Å². The number of nitrogens with zero attached hydrogens (tertiary/aromatic N) is 1. The molecule has 26 N–H and O–H groups in total. The number of aliphatic hydroxyl groups excluding tert-OH is 1. The van der Waals surface area contributed by atoms with E-state index >= 15 is 0 Å². The Hall–Kier alpha value is -12.2. The summed E-state index contributed by atoms with van der Waals surface area (Å²) >= 11 is 1.32. The van der Waals surface area contributed by atoms with E-state index in [2.05, 4.69) is 95.0 Å². The molecule has 0 bridgehead atoms. The average Bonchev–Trinajstić information content (AvgIpc) is 1.07. The number of aromatic amines is 1. The van der Waals surface area contributed by atoms with Gasteiger partial charge in [0, 0.05) is 38.3 Å². The van der Waals surface area contributed by atoms with E-state index in [1.807, 2.05) is 13.8 Å². The Kier molecular flexibility index (Phi) is 52.1. The van der Waals surface area contributed by atoms with Crippen LogP contribution in [0.3, 0.4) is 0 Å². The first-order valence-electron chi connectivity index (χ1n) is 45.3. The van der Waals surface area contributed by atoms with Gasteiger partial charge in [-0.2, -0.15) is 11.8 Å². The summed E-state index contributed by atoms with van der Waals surface area (Å²) in [5.74, 6) is -19.1. The van der Waals surface area contributed by atoms with Gasteiger partial charge in [0.1, 0.15) is 96.7 Å². The number of nitrogens with two attached hydrogens (primary N) is 3. The maximum Gasteiger partial charge on any atom is 0.303 e. The first kappa shape index (κ1) is 116. The Morgan fingerprint density at radius 1 is 0.396 bits per heavy atom. The third kappa shape index (κ3) is 43.7. The van der Waals surface area contributed by atoms with Crippen molar-refractivity contribution < 1.29 is 106 Å². The third-order valence-electron chi connectivity index (χ3n) is 21.5. The fourth-order valence-corrected chi connectivity index (χ4v) is 14.2. The highest BCUT2D eigenvalue weighted by Gasteiger charge is 2.40. The van der Waals surface area contributed by atoms with E-state index in [4.69, 9.17) is 17.2 Å². The second kappa shape index (κ2) is 60.1. The van der Waals surface area contributed by atoms with Gasteiger partial charge in [-0.15, -0.1) is 0 Å². The number of unbranched alkanes of at least 4 members (excludes halogenated alkanes) is 1. The molecule has 17 amide bonds. The van der Waals surface area contributed by atoms with E-state index in [9.17, 15) is 106 Å². The number of benzene rings is 2. The van der Waals surface area contributed by atoms with Crippen molar-refractivity contribution in [3.8, 4) is 0 Å². The van der Waals surface area contributed by atoms with E-state index in [-0.39, 0.29) is 100 Å². The molecule has 0 fully saturated rings. The van der Waals surface area contributed by atoms with Gasteiger partial charge in [0.05, 0.1) is 24.7 Å². The minimum absolute atomic E-state index is 0.00745. The summed E-state index contributed by atoms with van der Waals surface area (Å²) in [5, 5.41) is 70.9. The number of aliphatic hydroxyl groups is 1. The van der Waals surface area contributed by atoms with E-state index in [0.717, 1.165) is 0 Å². The zero-order valence-corrected chi connectivity index (χ0v) is 80.1. The van der Waals surface area contributed by atoms with Crippen LogP contribution in [-0.4, -0.2) is 266 Å². The number of nitrogens with one attached hydrogen (secondary N) is 17. The zero-order valence-electron chi connectivity index (χ0n) is 79.3. The van der Waals surface area contributed by atoms with Crippen molar-refractivity contribution in [3.05, 3.63) is 90.0 Å². The first-order chi connectivity index (χ1) is 63.1. The Bertz CT molecular complexity index is 4360. The summed E-state index contributed by atoms with van der Waals surface area (Å²) in [6.45, 7) is 22.2. The maximum absolute atomic E-state index is 15.0. The maximum atomic E-state index is 15.0. The van der Waals surface area contributed by atoms with E-state index < -0.39 is 253 Å². The molecule has 44 heteroatoms. The van der Waals surface area contributed by atoms with E-state index in [1.54, 1.807) is 122 Å². The molecular weight excluding hydrogens is 1760 g/mol. The van der Waals surface area contributed by atoms with E-state index in [0.29, 0.717) is 29.7 Å². The second-order valence-electron chi connectivity index (χ2n) is 35.3. The molecule has 0 aliphatic rings. The van der Waals surface area contributed by atoms with Crippen LogP contribution in [0.5, 0.6) is 0 Å². The number of amides is 17. The Morgan fingerprint density at radius 2 is 0.739 bits per heavy atom. The number of carbonyl (C=O) groups is 19. The minimum atomic E-state index is -1.65. The molecule has 3 rings (SSSR count). The lowest BCUT2D eigenvalue weighted by molar-refractivity contribution is -0.139. The Morgan fingerprint density at radius 3 is 1.13 bits per heavy atom. The Balaban J connectivity index is 1.96. The predicted octanol–water partition coefficient (Wildman–Crippen LogP) is -2.08. The van der Waals surface area contributed by atoms with Crippen molar-refractivity contribution in [1.29, 1.82) is 0 Å². The number of hydrogen-bond acceptors (Lipinski definition) is 24. The van der Waals surface area contributed by atoms with Crippen molar-refractivity contribution in [3.63, 3.8) is 0 Å². The molecular formula is C90H143N21O22S. The SMILES string of the molecule is CC[C@H](C)[C@H](NC(=O)[C@@H](N)[C@@H](C)O)C(=O)N[C@@H](CCSC)C(=O)N[C@@H](CCC(=O)O)C(=O)N[C@@H](Cc1ccccc1)C(=O)N[C@@H](CC(C)C)C(=O)N[C@@H](C)C(=O)N[C@@H](Cc1ccccc1)C(=O)N[C@@H](CC(C)C)C(=O)N[C@@H](Cc1c[nH]cn1)C(=O)N[C@@H](CC(C)C)C(=O)N[C@@H](CCCCN)C(=O)N[C@@H](CCC(=O)O)C(=O)N[C@@H](C)C(=O)NCC(=O)N[C@@H](C)C(=O)N[C@@H](CC(C)C)C(N)=O. The van der Waals surface area contributed by atoms with Crippen LogP contribution >= 0.6 is 11.8 Å². The summed E-state index contributed by atoms with van der Waals surface area (Å²) in [5.41, 5.74) is 18.5. The monoisotopic (exact) mass is 1900 g/mol. The molecule has 0 radical (unpaired) electrons. The third-order valence-corrected chi connectivity index (χ3v) is 22.2. The van der Waals surface area contributed by atoms with Crippen LogP contribution in [0.4, 0.5) is 0 Å². The fourth-order valence-electron chi connectivity index (χ4n) is 13.7. The standard InChI is InChI=1S/C90H143N21O22S/c1-16-51(10)74(111-89(132)73(92)55(14)112)90(133)103-62(34-36-134-15)82(125)102-61(31-33-72(116)117)81(124)109-68(42-57-27-21-18-22-28-57)87(130)106-64(38-48(4)5)83(126)99-54(13)78(121)105-67(41-56-25-19-17-20-26-56)86(129)107-66(40-50(8)9)85(128)110-69(43-58-44-94-46-96-58)88(131)108-65(39-49(6)7)84(127)100-59(29-23-24-35-91)80(123)101-60(30-32-71(114)115)79(122)98-52(11)76(119)95-45-70(113)97-53(12)77(120)104-63(75(93)118)37-47(2)3/h17-22,25-28,44,46-55,59-69,73-74,112H,16,23-24,29-43,45,91-92H2,1-15H3,(H2,93,118)(H,94,96)(H,95,119)(H,97,113)(H,98,122)(H,99,126)(H,100,127)(H,101,123)(H,102,125)(H,103,133)(H,104,120)(H,105,121)(H,106,130)(H,107,129)(H,108,131)(H,109,124)(H,110,128)(H,111,132)(H,114,115)(H,116,117)/t51-,52-,53-,54-,55+,59-,60-,61-,62-,63-,64-,65-,66-,67-,68-,69-,73-,74-/m0/s1. The van der Waals surface area contributed by atoms with Crippen molar-refractivity contribution >= 4 is 124 Å². The van der Waals surface area contributed by atoms with Crippen molar-refractivity contribution in [2.75, 3.05) is 25.1 Å². The van der Waals surface area contributed by atoms with Gasteiger partial charge in [0.25, 0.3) is 0 Å². The summed E-state index contributed by atoms with van der Waals surface area (Å²) in [6, 6.07) is -5.96. The molecule has 0 saturated carbocycles. The molecule has 1 aromatic heterocycles. The van der Waals surface area contributed by atoms with Gasteiger partial charge in [0.15, 0.2) is 0 Å². The average molecular weight is 1900 g/mol. The normalized spacial score (nSPS) is 15.3. The number of carboxylic acid groups (broad SMARTS) is 2. The highest BCUT2D eigenvalue weighted by molar-refractivity contribution is 7.98. The number of aliphatic carboxylic acids is 2. The molecule has 1 heterocycles. The molecule has 134 heavy (non-hydrogen) atoms. The van der Waals surface area contributed by atoms with Gasteiger partial charge >= 0.3 is 11.9 Å². The molecule has 0 aliphatic carbocycles. The number of thioether (sulfide) groups is 1. The first-order valence-corrected chi connectivity index (χ1v) is 46.7. The number of carboxylic acids is 2. The number of imidazole rings is 1. The summed E-state index contributed by atoms with van der Waals surface area (Å²) in [4.78, 5) is 270. The van der Waals surface area contributed by atoms with Gasteiger partial charge in [-0.05, 0) is 151 Å². The second-order valence-corrected chi connectivity index (χ2v) is 36.3. The minimum Gasteiger partial charge on any atom is -0.481 e. The van der Waals surface area contributed by atoms with Crippen LogP contribution < -0.4 is 102 Å². The van der Waals surface area contributed by atoms with Gasteiger partial charge in [-0.1, -0.05) is 136 Å². The lowest BCUT2D eigenvalue weighted by Gasteiger charge is -2.29. The van der Waals surface area contributed by atoms with Gasteiger partial charge < -0.3 is 123 Å². The molecule has 18 atom stereocenters. The number of rotatable bonds is 63. The van der Waals surface area contributed by atoms with Crippen LogP contribution in [0.15, 0.2) is 73.2 Å². The van der Waals surface area contributed by atoms with Gasteiger partial charge in [-0.25, -0.2) is 4.98 Å². The van der Waals surface area contributed by atoms with Crippen molar-refractivity contribution in [2.24, 2.45) is 46.8 Å². The summed E-state index contributed by atoms with van der Waals surface area (Å²) in [6.07, 6.45) is 1.03. The lowest BCUT2D eigenvalue weighted by atomic mass is 9.97. The topological polar surface area (TPSA) is 684 Å². The Labute approximate surface area is 786 Å². The number of primary amides is 1. The molecule has 43 nitrogen and oxygen atoms in total. The quantitative estimate of drug-likeness (QED) is 0.0270. The van der Waals surface area contributed by atoms with E-state index in [1.165, 1.54) is 52.0 Å². The smallest absolute Gasteiger partial charge is 0.303 e. The summed E-state index contributed by atoms with van der Waals surface area (Å²) in [7, 11) is 0. The molecule has 3 aromatic rings. The highest BCUT2D eigenvalue weighted by atomic mass is 32.2. The summed E-state index contributed by atoms with van der Waals surface area (Å²) < 4.78 is 0. The molecule has 0 saturated heterocycles. The number of carbonyl (C=O) groups excluding carboxylic acids is 17. The predicted molar refractivity (Wildman–Crippen MR) is 497 cm³/mol. The molecule has 0 spiro atoms. The number of H-pyrrole nitrogens is 1. The highest BCUT2D eigenvalue weighted by Crippen LogP contribution is 2.18. The molecule has 2 aromatic carbocycles. The molecule has 0 aliphatic heterocycles. The van der Waals surface area contributed by atoms with Crippen LogP contribution in [0, 0.1) is 29.6 Å². The fraction of sp³-hybridized carbons (Fsp3) is 0.622. The van der Waals surface area contributed by atoms with Crippen LogP contribution in [0.2, 0.25) is 0 Å². The zero-order chi connectivity index (χ0) is 101. The number of hydrogen-bond donors (Lipinski definition) is 23.